The van der Waals surface area contributed by atoms with E-state index in [1.165, 1.54) is 25.5 Å². The minimum Gasteiger partial charge on any atom is -0.459 e. The molecule has 5 aliphatic rings. The van der Waals surface area contributed by atoms with Crippen molar-refractivity contribution in [1.29, 1.82) is 0 Å². The van der Waals surface area contributed by atoms with Gasteiger partial charge in [0.1, 0.15) is 0 Å². The Morgan fingerprint density at radius 3 is 2.14 bits per heavy atom. The third kappa shape index (κ3) is 4.56. The van der Waals surface area contributed by atoms with Crippen LogP contribution in [0, 0.1) is 23.2 Å². The van der Waals surface area contributed by atoms with E-state index in [-0.39, 0.29) is 29.2 Å². The first-order valence-corrected chi connectivity index (χ1v) is 13.5. The lowest BCUT2D eigenvalue weighted by atomic mass is 9.49. The maximum Gasteiger partial charge on any atom is 0.289 e. The van der Waals surface area contributed by atoms with Crippen LogP contribution in [0.4, 0.5) is 0 Å². The second-order valence-corrected chi connectivity index (χ2v) is 11.6. The summed E-state index contributed by atoms with van der Waals surface area (Å²) in [6.07, 6.45) is 10.1. The molecular weight excluding hydrogens is 454 g/mol. The molecule has 0 atom stereocenters. The number of furan rings is 1. The number of nitrogens with one attached hydrogen (secondary N) is 2. The highest BCUT2D eigenvalue weighted by atomic mass is 16.3. The van der Waals surface area contributed by atoms with Crippen molar-refractivity contribution in [2.75, 3.05) is 13.1 Å². The molecule has 2 heterocycles. The minimum absolute atomic E-state index is 0.0393. The van der Waals surface area contributed by atoms with E-state index < -0.39 is 0 Å². The van der Waals surface area contributed by atoms with Gasteiger partial charge in [-0.25, -0.2) is 0 Å². The first kappa shape index (κ1) is 23.3. The number of benzene rings is 1. The quantitative estimate of drug-likeness (QED) is 0.638. The van der Waals surface area contributed by atoms with Gasteiger partial charge in [0.25, 0.3) is 11.8 Å². The zero-order chi connectivity index (χ0) is 24.7. The van der Waals surface area contributed by atoms with E-state index in [9.17, 15) is 14.4 Å². The van der Waals surface area contributed by atoms with Crippen molar-refractivity contribution in [2.45, 2.75) is 64.0 Å². The standard InChI is InChI=1S/C29H35N3O4/c33-26(31-24-7-9-32(10-8-24)27(34)25-2-1-11-36-25)23-5-3-19(4-6-23)18-30-28(35)29-15-20-12-21(16-29)14-22(13-20)17-29/h1-6,11,20-22,24H,7-10,12-18H2,(H,30,35)(H,31,33). The smallest absolute Gasteiger partial charge is 0.289 e. The van der Waals surface area contributed by atoms with Crippen LogP contribution < -0.4 is 10.6 Å². The van der Waals surface area contributed by atoms with Crippen molar-refractivity contribution in [2.24, 2.45) is 23.2 Å². The lowest BCUT2D eigenvalue weighted by Gasteiger charge is -2.55. The molecule has 2 aromatic rings. The number of amides is 3. The van der Waals surface area contributed by atoms with E-state index in [4.69, 9.17) is 4.42 Å². The van der Waals surface area contributed by atoms with Crippen molar-refractivity contribution in [3.05, 3.63) is 59.5 Å². The predicted molar refractivity (Wildman–Crippen MR) is 134 cm³/mol. The van der Waals surface area contributed by atoms with Crippen LogP contribution >= 0.6 is 0 Å². The summed E-state index contributed by atoms with van der Waals surface area (Å²) in [5.74, 6) is 2.65. The topological polar surface area (TPSA) is 91.7 Å². The highest BCUT2D eigenvalue weighted by Gasteiger charge is 2.54. The number of hydrogen-bond acceptors (Lipinski definition) is 4. The van der Waals surface area contributed by atoms with Crippen molar-refractivity contribution in [3.8, 4) is 0 Å². The molecule has 5 fully saturated rings. The molecule has 4 bridgehead atoms. The Morgan fingerprint density at radius 2 is 1.56 bits per heavy atom. The number of rotatable bonds is 6. The lowest BCUT2D eigenvalue weighted by Crippen LogP contribution is -2.53. The normalized spacial score (nSPS) is 29.2. The summed E-state index contributed by atoms with van der Waals surface area (Å²) in [5, 5.41) is 6.32. The first-order valence-electron chi connectivity index (χ1n) is 13.5. The summed E-state index contributed by atoms with van der Waals surface area (Å²) in [6, 6.07) is 10.9. The van der Waals surface area contributed by atoms with Gasteiger partial charge in [0.15, 0.2) is 5.76 Å². The number of likely N-dealkylation sites (tertiary alicyclic amines) is 1. The monoisotopic (exact) mass is 489 g/mol. The van der Waals surface area contributed by atoms with Crippen molar-refractivity contribution >= 4 is 17.7 Å². The summed E-state index contributed by atoms with van der Waals surface area (Å²) in [5.41, 5.74) is 1.49. The van der Waals surface area contributed by atoms with Gasteiger partial charge in [-0.15, -0.1) is 0 Å². The van der Waals surface area contributed by atoms with Gasteiger partial charge in [0.05, 0.1) is 6.26 Å². The van der Waals surface area contributed by atoms with E-state index in [0.29, 0.717) is 43.8 Å². The van der Waals surface area contributed by atoms with Gasteiger partial charge in [-0.2, -0.15) is 0 Å². The second-order valence-electron chi connectivity index (χ2n) is 11.6. The van der Waals surface area contributed by atoms with Gasteiger partial charge in [-0.1, -0.05) is 12.1 Å². The number of carbonyl (C=O) groups excluding carboxylic acids is 3. The van der Waals surface area contributed by atoms with E-state index >= 15 is 0 Å². The van der Waals surface area contributed by atoms with Crippen LogP contribution in [0.25, 0.3) is 0 Å². The molecule has 0 radical (unpaired) electrons. The van der Waals surface area contributed by atoms with E-state index in [0.717, 1.165) is 42.6 Å². The Hall–Kier alpha value is -3.09. The Labute approximate surface area is 212 Å². The van der Waals surface area contributed by atoms with E-state index in [2.05, 4.69) is 10.6 Å². The summed E-state index contributed by atoms with van der Waals surface area (Å²) in [7, 11) is 0. The maximum atomic E-state index is 13.2. The Kier molecular flexibility index (Phi) is 6.10. The molecule has 1 aliphatic heterocycles. The summed E-state index contributed by atoms with van der Waals surface area (Å²) < 4.78 is 5.21. The highest BCUT2D eigenvalue weighted by Crippen LogP contribution is 2.60. The van der Waals surface area contributed by atoms with Gasteiger partial charge >= 0.3 is 0 Å². The Bertz CT molecular complexity index is 1080. The summed E-state index contributed by atoms with van der Waals surface area (Å²) in [6.45, 7) is 1.68. The molecule has 190 valence electrons. The molecule has 0 unspecified atom stereocenters. The molecule has 7 rings (SSSR count). The Balaban J connectivity index is 0.976. The first-order chi connectivity index (χ1) is 17.5. The molecule has 1 aromatic carbocycles. The third-order valence-electron chi connectivity index (χ3n) is 9.04. The summed E-state index contributed by atoms with van der Waals surface area (Å²) >= 11 is 0. The van der Waals surface area contributed by atoms with Crippen LogP contribution in [0.1, 0.15) is 77.8 Å². The maximum absolute atomic E-state index is 13.2. The third-order valence-corrected chi connectivity index (χ3v) is 9.04. The minimum atomic E-state index is -0.132. The molecule has 7 nitrogen and oxygen atoms in total. The fraction of sp³-hybridized carbons (Fsp3) is 0.552. The van der Waals surface area contributed by atoms with Crippen LogP contribution in [0.2, 0.25) is 0 Å². The van der Waals surface area contributed by atoms with Crippen molar-refractivity contribution in [1.82, 2.24) is 15.5 Å². The molecule has 1 aromatic heterocycles. The summed E-state index contributed by atoms with van der Waals surface area (Å²) in [4.78, 5) is 40.2. The highest BCUT2D eigenvalue weighted by molar-refractivity contribution is 5.94. The van der Waals surface area contributed by atoms with Crippen LogP contribution in [-0.4, -0.2) is 41.8 Å². The molecule has 1 saturated heterocycles. The van der Waals surface area contributed by atoms with Crippen molar-refractivity contribution < 1.29 is 18.8 Å². The molecular formula is C29H35N3O4. The molecule has 4 saturated carbocycles. The van der Waals surface area contributed by atoms with Crippen LogP contribution in [-0.2, 0) is 11.3 Å². The molecule has 0 spiro atoms. The molecule has 7 heteroatoms. The average molecular weight is 490 g/mol. The average Bonchev–Trinajstić information content (AvgIpc) is 3.42. The molecule has 2 N–H and O–H groups in total. The van der Waals surface area contributed by atoms with Gasteiger partial charge in [-0.05, 0) is 98.9 Å². The molecule has 36 heavy (non-hydrogen) atoms. The number of hydrogen-bond donors (Lipinski definition) is 2. The second kappa shape index (κ2) is 9.41. The van der Waals surface area contributed by atoms with Gasteiger partial charge in [0, 0.05) is 36.7 Å². The van der Waals surface area contributed by atoms with Crippen LogP contribution in [0.3, 0.4) is 0 Å². The molecule has 4 aliphatic carbocycles. The fourth-order valence-electron chi connectivity index (χ4n) is 7.58. The van der Waals surface area contributed by atoms with Gasteiger partial charge in [0.2, 0.25) is 5.91 Å². The van der Waals surface area contributed by atoms with Gasteiger partial charge < -0.3 is 20.0 Å². The Morgan fingerprint density at radius 1 is 0.917 bits per heavy atom. The predicted octanol–water partition coefficient (Wildman–Crippen LogP) is 4.15. The van der Waals surface area contributed by atoms with Crippen LogP contribution in [0.15, 0.2) is 47.1 Å². The molecule has 3 amide bonds. The van der Waals surface area contributed by atoms with E-state index in [1.54, 1.807) is 17.0 Å². The SMILES string of the molecule is O=C(NC1CCN(C(=O)c2ccco2)CC1)c1ccc(CNC(=O)C23CC4CC(CC(C4)C2)C3)cc1. The van der Waals surface area contributed by atoms with E-state index in [1.807, 2.05) is 24.3 Å². The van der Waals surface area contributed by atoms with Crippen molar-refractivity contribution in [3.63, 3.8) is 0 Å². The number of nitrogens with zero attached hydrogens (tertiary/aromatic N) is 1. The van der Waals surface area contributed by atoms with Gasteiger partial charge in [-0.3, -0.25) is 14.4 Å². The number of piperidine rings is 1. The zero-order valence-corrected chi connectivity index (χ0v) is 20.7. The fourth-order valence-corrected chi connectivity index (χ4v) is 7.58. The lowest BCUT2D eigenvalue weighted by molar-refractivity contribution is -0.146. The van der Waals surface area contributed by atoms with Crippen LogP contribution in [0.5, 0.6) is 0 Å². The zero-order valence-electron chi connectivity index (χ0n) is 20.7. The number of carbonyl (C=O) groups is 3. The largest absolute Gasteiger partial charge is 0.459 e.